The molecule has 6 nitrogen and oxygen atoms in total. The quantitative estimate of drug-likeness (QED) is 0.322. The number of benzene rings is 3. The molecule has 1 aliphatic carbocycles. The van der Waals surface area contributed by atoms with Crippen LogP contribution in [0.2, 0.25) is 0 Å². The Morgan fingerprint density at radius 1 is 0.976 bits per heavy atom. The number of rotatable bonds is 6. The number of hydrogen-bond acceptors (Lipinski definition) is 6. The van der Waals surface area contributed by atoms with E-state index in [1.807, 2.05) is 109 Å². The van der Waals surface area contributed by atoms with Crippen molar-refractivity contribution in [1.82, 2.24) is 10.2 Å². The van der Waals surface area contributed by atoms with Crippen LogP contribution in [0.3, 0.4) is 0 Å². The Morgan fingerprint density at radius 2 is 1.73 bits per heavy atom. The molecule has 2 N–H and O–H groups in total. The molecule has 3 aliphatic rings. The van der Waals surface area contributed by atoms with Gasteiger partial charge in [0.1, 0.15) is 5.76 Å². The molecule has 8 heteroatoms. The third-order valence-corrected chi connectivity index (χ3v) is 8.67. The first-order chi connectivity index (χ1) is 19.6. The van der Waals surface area contributed by atoms with E-state index in [2.05, 4.69) is 15.5 Å². The van der Waals surface area contributed by atoms with Crippen molar-refractivity contribution in [2.45, 2.75) is 12.5 Å². The van der Waals surface area contributed by atoms with Gasteiger partial charge >= 0.3 is 0 Å². The highest BCUT2D eigenvalue weighted by molar-refractivity contribution is 7.99. The molecule has 1 amide bonds. The van der Waals surface area contributed by atoms with Gasteiger partial charge in [-0.05, 0) is 54.0 Å². The van der Waals surface area contributed by atoms with Crippen LogP contribution in [0, 0.1) is 5.92 Å². The van der Waals surface area contributed by atoms with Crippen molar-refractivity contribution in [3.63, 3.8) is 0 Å². The van der Waals surface area contributed by atoms with Crippen LogP contribution in [0.5, 0.6) is 0 Å². The third-order valence-electron chi connectivity index (χ3n) is 7.70. The van der Waals surface area contributed by atoms with E-state index >= 15 is 0 Å². The summed E-state index contributed by atoms with van der Waals surface area (Å²) in [5.41, 5.74) is 5.95. The molecule has 6 rings (SSSR count). The number of ketones is 1. The number of halogens is 1. The summed E-state index contributed by atoms with van der Waals surface area (Å²) < 4.78 is 5.70. The molecule has 3 aromatic carbocycles. The second-order valence-corrected chi connectivity index (χ2v) is 11.1. The van der Waals surface area contributed by atoms with Gasteiger partial charge in [0, 0.05) is 58.5 Å². The molecule has 3 aromatic rings. The van der Waals surface area contributed by atoms with Gasteiger partial charge in [0.15, 0.2) is 5.78 Å². The number of thioether (sulfide) groups is 1. The van der Waals surface area contributed by atoms with Crippen molar-refractivity contribution >= 4 is 41.5 Å². The lowest BCUT2D eigenvalue weighted by molar-refractivity contribution is 0.0837. The second kappa shape index (κ2) is 12.7. The Kier molecular flexibility index (Phi) is 8.86. The van der Waals surface area contributed by atoms with E-state index < -0.39 is 0 Å². The highest BCUT2D eigenvalue weighted by Crippen LogP contribution is 2.39. The number of fused-ring (bicyclic) bond motifs is 3. The van der Waals surface area contributed by atoms with Gasteiger partial charge in [0.2, 0.25) is 0 Å². The van der Waals surface area contributed by atoms with Crippen LogP contribution < -0.4 is 10.6 Å². The van der Waals surface area contributed by atoms with Crippen molar-refractivity contribution in [3.8, 4) is 11.1 Å². The Bertz CT molecular complexity index is 1520. The summed E-state index contributed by atoms with van der Waals surface area (Å²) in [6.07, 6.45) is 6.64. The monoisotopic (exact) mass is 585 g/mol. The summed E-state index contributed by atoms with van der Waals surface area (Å²) in [4.78, 5) is 29.5. The summed E-state index contributed by atoms with van der Waals surface area (Å²) in [6.45, 7) is 0.885. The minimum Gasteiger partial charge on any atom is -0.497 e. The van der Waals surface area contributed by atoms with Gasteiger partial charge in [0.05, 0.1) is 19.1 Å². The molecular weight excluding hydrogens is 554 g/mol. The second-order valence-electron chi connectivity index (χ2n) is 10.0. The number of methoxy groups -OCH3 is 1. The van der Waals surface area contributed by atoms with Crippen molar-refractivity contribution < 1.29 is 14.3 Å². The fourth-order valence-electron chi connectivity index (χ4n) is 5.75. The van der Waals surface area contributed by atoms with E-state index in [4.69, 9.17) is 4.74 Å². The standard InChI is InChI=1S/C33H31N3O3S.ClH/c1-39-30-16-15-28(31-29(30)20-34-19-25-21-40-18-17-36(25)31)32(37)23-11-13-24(14-12-23)35-33(38)27-10-6-5-9-26(27)22-7-3-2-4-8-22;/h2-14,16,19-20,28,31,34H,15,17-18,21H2,1H3,(H,35,38);1H. The maximum atomic E-state index is 13.9. The number of carbonyl (C=O) groups excluding carboxylic acids is 2. The van der Waals surface area contributed by atoms with Gasteiger partial charge in [0.25, 0.3) is 5.91 Å². The van der Waals surface area contributed by atoms with Crippen molar-refractivity contribution in [2.75, 3.05) is 30.5 Å². The molecule has 0 radical (unpaired) electrons. The number of hydrogen-bond donors (Lipinski definition) is 2. The Balaban J connectivity index is 0.00000337. The number of anilines is 1. The summed E-state index contributed by atoms with van der Waals surface area (Å²) in [5, 5.41) is 6.32. The van der Waals surface area contributed by atoms with E-state index in [1.54, 1.807) is 7.11 Å². The number of allylic oxidation sites excluding steroid dienone is 1. The van der Waals surface area contributed by atoms with E-state index in [9.17, 15) is 9.59 Å². The Morgan fingerprint density at radius 3 is 2.51 bits per heavy atom. The highest BCUT2D eigenvalue weighted by atomic mass is 35.5. The zero-order valence-electron chi connectivity index (χ0n) is 22.7. The molecule has 1 fully saturated rings. The fraction of sp³-hybridized carbons (Fsp3) is 0.212. The van der Waals surface area contributed by atoms with Gasteiger partial charge in [-0.1, -0.05) is 48.5 Å². The Hall–Kier alpha value is -3.94. The normalized spacial score (nSPS) is 19.4. The molecule has 2 unspecified atom stereocenters. The van der Waals surface area contributed by atoms with Crippen molar-refractivity contribution in [2.24, 2.45) is 5.92 Å². The highest BCUT2D eigenvalue weighted by Gasteiger charge is 2.41. The van der Waals surface area contributed by atoms with E-state index in [-0.39, 0.29) is 36.1 Å². The predicted octanol–water partition coefficient (Wildman–Crippen LogP) is 6.51. The van der Waals surface area contributed by atoms with Crippen LogP contribution in [-0.4, -0.2) is 47.8 Å². The van der Waals surface area contributed by atoms with Gasteiger partial charge in [-0.3, -0.25) is 9.59 Å². The molecule has 0 saturated carbocycles. The molecule has 0 aromatic heterocycles. The van der Waals surface area contributed by atoms with Crippen molar-refractivity contribution in [3.05, 3.63) is 125 Å². The zero-order chi connectivity index (χ0) is 27.5. The number of carbonyl (C=O) groups is 2. The van der Waals surface area contributed by atoms with E-state index in [0.717, 1.165) is 40.5 Å². The van der Waals surface area contributed by atoms with Crippen LogP contribution in [0.15, 0.2) is 114 Å². The number of Topliss-reactive ketones (excluding diaryl/α,β-unsaturated/α-hetero) is 1. The molecule has 2 atom stereocenters. The summed E-state index contributed by atoms with van der Waals surface area (Å²) in [5.74, 6) is 2.42. The van der Waals surface area contributed by atoms with E-state index in [1.165, 1.54) is 5.70 Å². The first-order valence-electron chi connectivity index (χ1n) is 13.5. The third kappa shape index (κ3) is 5.78. The lowest BCUT2D eigenvalue weighted by atomic mass is 9.78. The largest absolute Gasteiger partial charge is 0.497 e. The van der Waals surface area contributed by atoms with Crippen LogP contribution >= 0.6 is 24.2 Å². The lowest BCUT2D eigenvalue weighted by Crippen LogP contribution is -2.48. The van der Waals surface area contributed by atoms with Gasteiger partial charge in [-0.2, -0.15) is 11.8 Å². The first-order valence-corrected chi connectivity index (χ1v) is 14.6. The van der Waals surface area contributed by atoms with Crippen LogP contribution in [0.1, 0.15) is 27.1 Å². The SMILES string of the molecule is COC1=CCC(C(=O)c2ccc(NC(=O)c3ccccc3-c3ccccc3)cc2)C2C1=CNC=C1CSCCN12.Cl. The zero-order valence-corrected chi connectivity index (χ0v) is 24.3. The molecular formula is C33H32ClN3O3S. The number of nitrogens with one attached hydrogen (secondary N) is 2. The summed E-state index contributed by atoms with van der Waals surface area (Å²) >= 11 is 1.91. The molecule has 2 aliphatic heterocycles. The predicted molar refractivity (Wildman–Crippen MR) is 168 cm³/mol. The average Bonchev–Trinajstić information content (AvgIpc) is 3.21. The summed E-state index contributed by atoms with van der Waals surface area (Å²) in [6, 6.07) is 24.6. The molecule has 0 bridgehead atoms. The molecule has 0 spiro atoms. The summed E-state index contributed by atoms with van der Waals surface area (Å²) in [7, 11) is 1.68. The molecule has 41 heavy (non-hydrogen) atoms. The minimum absolute atomic E-state index is 0. The van der Waals surface area contributed by atoms with Gasteiger partial charge in [-0.25, -0.2) is 0 Å². The van der Waals surface area contributed by atoms with E-state index in [0.29, 0.717) is 23.2 Å². The van der Waals surface area contributed by atoms with Gasteiger partial charge < -0.3 is 20.3 Å². The number of amides is 1. The average molecular weight is 586 g/mol. The first kappa shape index (κ1) is 28.6. The number of nitrogens with zero attached hydrogens (tertiary/aromatic N) is 1. The van der Waals surface area contributed by atoms with Crippen LogP contribution in [0.25, 0.3) is 11.1 Å². The number of ether oxygens (including phenoxy) is 1. The van der Waals surface area contributed by atoms with Crippen molar-refractivity contribution in [1.29, 1.82) is 0 Å². The topological polar surface area (TPSA) is 70.7 Å². The van der Waals surface area contributed by atoms with Gasteiger partial charge in [-0.15, -0.1) is 12.4 Å². The smallest absolute Gasteiger partial charge is 0.256 e. The lowest BCUT2D eigenvalue weighted by Gasteiger charge is -2.43. The molecule has 210 valence electrons. The fourth-order valence-corrected chi connectivity index (χ4v) is 6.68. The minimum atomic E-state index is -0.241. The maximum absolute atomic E-state index is 13.9. The Labute approximate surface area is 251 Å². The molecule has 1 saturated heterocycles. The van der Waals surface area contributed by atoms with Crippen LogP contribution in [0.4, 0.5) is 5.69 Å². The maximum Gasteiger partial charge on any atom is 0.256 e. The van der Waals surface area contributed by atoms with Crippen LogP contribution in [-0.2, 0) is 4.74 Å². The molecule has 2 heterocycles.